The third-order valence-electron chi connectivity index (χ3n) is 2.54. The fourth-order valence-electron chi connectivity index (χ4n) is 1.61. The average molecular weight is 343 g/mol. The van der Waals surface area contributed by atoms with Gasteiger partial charge in [-0.05, 0) is 39.7 Å². The Labute approximate surface area is 125 Å². The fourth-order valence-corrected chi connectivity index (χ4v) is 2.19. The van der Waals surface area contributed by atoms with Crippen LogP contribution in [0.3, 0.4) is 0 Å². The second-order valence-electron chi connectivity index (χ2n) is 3.92. The first-order valence-corrected chi connectivity index (χ1v) is 7.01. The van der Waals surface area contributed by atoms with E-state index in [1.807, 2.05) is 24.3 Å². The van der Waals surface area contributed by atoms with Gasteiger partial charge >= 0.3 is 0 Å². The van der Waals surface area contributed by atoms with Crippen LogP contribution in [0.5, 0.6) is 11.5 Å². The number of nitrogens with zero attached hydrogens (tertiary/aromatic N) is 1. The molecular weight excluding hydrogens is 330 g/mol. The second kappa shape index (κ2) is 6.78. The zero-order chi connectivity index (χ0) is 13.7. The molecule has 0 saturated heterocycles. The van der Waals surface area contributed by atoms with E-state index in [4.69, 9.17) is 21.1 Å². The molecule has 0 radical (unpaired) electrons. The molecule has 0 aliphatic rings. The number of hydrogen-bond donors (Lipinski definition) is 0. The number of aromatic nitrogens is 1. The highest BCUT2D eigenvalue weighted by atomic mass is 79.9. The van der Waals surface area contributed by atoms with Gasteiger partial charge in [0.2, 0.25) is 0 Å². The lowest BCUT2D eigenvalue weighted by atomic mass is 10.2. The Balaban J connectivity index is 2.14. The van der Waals surface area contributed by atoms with Gasteiger partial charge in [0.25, 0.3) is 0 Å². The molecule has 2 rings (SSSR count). The lowest BCUT2D eigenvalue weighted by molar-refractivity contribution is 0.284. The summed E-state index contributed by atoms with van der Waals surface area (Å²) >= 11 is 9.20. The first kappa shape index (κ1) is 14.2. The van der Waals surface area contributed by atoms with Gasteiger partial charge < -0.3 is 9.47 Å². The van der Waals surface area contributed by atoms with Crippen LogP contribution in [0.15, 0.2) is 41.1 Å². The highest BCUT2D eigenvalue weighted by Gasteiger charge is 2.06. The third-order valence-corrected chi connectivity index (χ3v) is 3.28. The summed E-state index contributed by atoms with van der Waals surface area (Å²) < 4.78 is 12.0. The van der Waals surface area contributed by atoms with Crippen LogP contribution in [0.25, 0.3) is 0 Å². The average Bonchev–Trinajstić information content (AvgIpc) is 2.45. The van der Waals surface area contributed by atoms with Crippen molar-refractivity contribution in [2.75, 3.05) is 7.11 Å². The minimum Gasteiger partial charge on any atom is -0.493 e. The molecule has 1 aromatic carbocycles. The lowest BCUT2D eigenvalue weighted by Gasteiger charge is -2.11. The molecule has 0 spiro atoms. The molecule has 1 heterocycles. The monoisotopic (exact) mass is 341 g/mol. The van der Waals surface area contributed by atoms with Gasteiger partial charge in [-0.15, -0.1) is 11.6 Å². The Morgan fingerprint density at radius 1 is 1.16 bits per heavy atom. The standard InChI is InChI=1S/C14H13BrClNO2/c1-18-13-3-2-10(6-16)5-14(13)19-9-11-4-12(15)8-17-7-11/h2-5,7-8H,6,9H2,1H3. The van der Waals surface area contributed by atoms with Gasteiger partial charge in [-0.1, -0.05) is 6.07 Å². The molecule has 19 heavy (non-hydrogen) atoms. The predicted octanol–water partition coefficient (Wildman–Crippen LogP) is 4.17. The minimum absolute atomic E-state index is 0.425. The number of hydrogen-bond acceptors (Lipinski definition) is 3. The van der Waals surface area contributed by atoms with E-state index < -0.39 is 0 Å². The van der Waals surface area contributed by atoms with Gasteiger partial charge in [0.15, 0.2) is 11.5 Å². The molecule has 5 heteroatoms. The molecule has 1 aromatic heterocycles. The summed E-state index contributed by atoms with van der Waals surface area (Å²) in [6, 6.07) is 7.62. The van der Waals surface area contributed by atoms with Gasteiger partial charge in [-0.25, -0.2) is 0 Å². The topological polar surface area (TPSA) is 31.4 Å². The summed E-state index contributed by atoms with van der Waals surface area (Å²) in [7, 11) is 1.61. The largest absolute Gasteiger partial charge is 0.493 e. The maximum absolute atomic E-state index is 5.82. The molecule has 0 atom stereocenters. The first-order chi connectivity index (χ1) is 9.22. The van der Waals surface area contributed by atoms with E-state index in [0.29, 0.717) is 24.0 Å². The number of ether oxygens (including phenoxy) is 2. The van der Waals surface area contributed by atoms with Crippen molar-refractivity contribution >= 4 is 27.5 Å². The van der Waals surface area contributed by atoms with Crippen LogP contribution in [0, 0.1) is 0 Å². The van der Waals surface area contributed by atoms with Crippen LogP contribution in [0.2, 0.25) is 0 Å². The Morgan fingerprint density at radius 3 is 2.68 bits per heavy atom. The highest BCUT2D eigenvalue weighted by Crippen LogP contribution is 2.29. The quantitative estimate of drug-likeness (QED) is 0.764. The van der Waals surface area contributed by atoms with Gasteiger partial charge in [-0.2, -0.15) is 0 Å². The van der Waals surface area contributed by atoms with Gasteiger partial charge in [0.05, 0.1) is 7.11 Å². The fraction of sp³-hybridized carbons (Fsp3) is 0.214. The Hall–Kier alpha value is -1.26. The van der Waals surface area contributed by atoms with E-state index in [1.54, 1.807) is 19.5 Å². The zero-order valence-electron chi connectivity index (χ0n) is 10.4. The summed E-state index contributed by atoms with van der Waals surface area (Å²) in [5.41, 5.74) is 1.97. The number of rotatable bonds is 5. The predicted molar refractivity (Wildman–Crippen MR) is 78.8 cm³/mol. The van der Waals surface area contributed by atoms with Gasteiger partial charge in [0, 0.05) is 28.3 Å². The number of alkyl halides is 1. The highest BCUT2D eigenvalue weighted by molar-refractivity contribution is 9.10. The number of pyridine rings is 1. The summed E-state index contributed by atoms with van der Waals surface area (Å²) in [5.74, 6) is 1.82. The van der Waals surface area contributed by atoms with Crippen molar-refractivity contribution < 1.29 is 9.47 Å². The molecular formula is C14H13BrClNO2. The lowest BCUT2D eigenvalue weighted by Crippen LogP contribution is -1.99. The molecule has 100 valence electrons. The zero-order valence-corrected chi connectivity index (χ0v) is 12.7. The SMILES string of the molecule is COc1ccc(CCl)cc1OCc1cncc(Br)c1. The van der Waals surface area contributed by atoms with Crippen molar-refractivity contribution in [2.24, 2.45) is 0 Å². The maximum atomic E-state index is 5.82. The van der Waals surface area contributed by atoms with Crippen LogP contribution in [-0.2, 0) is 12.5 Å². The molecule has 0 bridgehead atoms. The molecule has 0 saturated carbocycles. The van der Waals surface area contributed by atoms with Crippen LogP contribution < -0.4 is 9.47 Å². The van der Waals surface area contributed by atoms with Crippen molar-refractivity contribution in [1.29, 1.82) is 0 Å². The van der Waals surface area contributed by atoms with Crippen molar-refractivity contribution in [3.63, 3.8) is 0 Å². The number of methoxy groups -OCH3 is 1. The van der Waals surface area contributed by atoms with Crippen molar-refractivity contribution in [3.05, 3.63) is 52.3 Å². The number of halogens is 2. The molecule has 3 nitrogen and oxygen atoms in total. The van der Waals surface area contributed by atoms with Crippen molar-refractivity contribution in [3.8, 4) is 11.5 Å². The molecule has 0 aliphatic heterocycles. The first-order valence-electron chi connectivity index (χ1n) is 5.68. The van der Waals surface area contributed by atoms with Crippen LogP contribution in [0.4, 0.5) is 0 Å². The summed E-state index contributed by atoms with van der Waals surface area (Å²) in [6.45, 7) is 0.425. The second-order valence-corrected chi connectivity index (χ2v) is 5.10. The van der Waals surface area contributed by atoms with E-state index in [9.17, 15) is 0 Å². The van der Waals surface area contributed by atoms with E-state index >= 15 is 0 Å². The minimum atomic E-state index is 0.425. The maximum Gasteiger partial charge on any atom is 0.161 e. The normalized spacial score (nSPS) is 10.3. The summed E-state index contributed by atoms with van der Waals surface area (Å²) in [6.07, 6.45) is 3.50. The van der Waals surface area contributed by atoms with Crippen molar-refractivity contribution in [1.82, 2.24) is 4.98 Å². The van der Waals surface area contributed by atoms with E-state index in [2.05, 4.69) is 20.9 Å². The molecule has 0 N–H and O–H groups in total. The molecule has 0 aliphatic carbocycles. The van der Waals surface area contributed by atoms with Crippen LogP contribution >= 0.6 is 27.5 Å². The Kier molecular flexibility index (Phi) is 5.05. The molecule has 0 unspecified atom stereocenters. The van der Waals surface area contributed by atoms with E-state index in [1.165, 1.54) is 0 Å². The Morgan fingerprint density at radius 2 is 2.00 bits per heavy atom. The Bertz CT molecular complexity index is 563. The summed E-state index contributed by atoms with van der Waals surface area (Å²) in [5, 5.41) is 0. The van der Waals surface area contributed by atoms with E-state index in [-0.39, 0.29) is 0 Å². The third kappa shape index (κ3) is 3.85. The van der Waals surface area contributed by atoms with Gasteiger partial charge in [0.1, 0.15) is 6.61 Å². The number of benzene rings is 1. The van der Waals surface area contributed by atoms with E-state index in [0.717, 1.165) is 15.6 Å². The van der Waals surface area contributed by atoms with Crippen LogP contribution in [-0.4, -0.2) is 12.1 Å². The molecule has 2 aromatic rings. The van der Waals surface area contributed by atoms with Crippen LogP contribution in [0.1, 0.15) is 11.1 Å². The molecule has 0 fully saturated rings. The smallest absolute Gasteiger partial charge is 0.161 e. The molecule has 0 amide bonds. The van der Waals surface area contributed by atoms with Crippen molar-refractivity contribution in [2.45, 2.75) is 12.5 Å². The van der Waals surface area contributed by atoms with Gasteiger partial charge in [-0.3, -0.25) is 4.98 Å². The summed E-state index contributed by atoms with van der Waals surface area (Å²) in [4.78, 5) is 4.09.